The minimum absolute atomic E-state index is 0.158. The summed E-state index contributed by atoms with van der Waals surface area (Å²) in [7, 11) is 0. The van der Waals surface area contributed by atoms with Crippen LogP contribution in [0.25, 0.3) is 0 Å². The van der Waals surface area contributed by atoms with Gasteiger partial charge < -0.3 is 9.84 Å². The molecule has 0 heterocycles. The van der Waals surface area contributed by atoms with Crippen molar-refractivity contribution < 1.29 is 62.9 Å². The number of aliphatic hydroxyl groups is 1. The maximum atomic E-state index is 13.9. The Kier molecular flexibility index (Phi) is 4.76. The molecule has 0 saturated heterocycles. The normalized spacial score (nSPS) is 34.9. The lowest BCUT2D eigenvalue weighted by atomic mass is 9.52. The number of ether oxygens (including phenoxy) is 1. The molecule has 1 N–H and O–H groups in total. The van der Waals surface area contributed by atoms with E-state index >= 15 is 0 Å². The average Bonchev–Trinajstić information content (AvgIpc) is 2.50. The van der Waals surface area contributed by atoms with Crippen LogP contribution in [0.15, 0.2) is 0 Å². The van der Waals surface area contributed by atoms with E-state index in [-0.39, 0.29) is 37.5 Å². The van der Waals surface area contributed by atoms with Crippen molar-refractivity contribution in [1.82, 2.24) is 0 Å². The molecule has 4 aliphatic carbocycles. The summed E-state index contributed by atoms with van der Waals surface area (Å²) in [5.41, 5.74) is -3.38. The third-order valence-corrected chi connectivity index (χ3v) is 6.08. The highest BCUT2D eigenvalue weighted by molar-refractivity contribution is 5.80. The predicted octanol–water partition coefficient (Wildman–Crippen LogP) is 4.72. The van der Waals surface area contributed by atoms with Crippen LogP contribution >= 0.6 is 0 Å². The zero-order valence-electron chi connectivity index (χ0n) is 14.8. The Morgan fingerprint density at radius 2 is 1.23 bits per heavy atom. The van der Waals surface area contributed by atoms with Gasteiger partial charge in [-0.25, -0.2) is 4.79 Å². The number of alkyl halides is 11. The highest BCUT2D eigenvalue weighted by Gasteiger charge is 2.89. The van der Waals surface area contributed by atoms with Crippen molar-refractivity contribution in [2.45, 2.75) is 79.6 Å². The van der Waals surface area contributed by atoms with Crippen LogP contribution in [0.3, 0.4) is 0 Å². The second-order valence-electron chi connectivity index (χ2n) is 8.55. The van der Waals surface area contributed by atoms with Gasteiger partial charge in [-0.2, -0.15) is 48.3 Å². The van der Waals surface area contributed by atoms with Gasteiger partial charge in [0.15, 0.2) is 0 Å². The lowest BCUT2D eigenvalue weighted by molar-refractivity contribution is -0.419. The summed E-state index contributed by atoms with van der Waals surface area (Å²) in [6, 6.07) is 0. The molecule has 14 heteroatoms. The summed E-state index contributed by atoms with van der Waals surface area (Å²) >= 11 is 0. The Balaban J connectivity index is 1.88. The van der Waals surface area contributed by atoms with E-state index in [4.69, 9.17) is 0 Å². The second-order valence-corrected chi connectivity index (χ2v) is 8.55. The van der Waals surface area contributed by atoms with Crippen LogP contribution in [0.5, 0.6) is 0 Å². The largest absolute Gasteiger partial charge is 0.460 e. The van der Waals surface area contributed by atoms with Crippen LogP contribution in [0, 0.1) is 11.8 Å². The fourth-order valence-corrected chi connectivity index (χ4v) is 5.21. The summed E-state index contributed by atoms with van der Waals surface area (Å²) in [6.07, 6.45) is -7.14. The van der Waals surface area contributed by atoms with Crippen molar-refractivity contribution in [3.05, 3.63) is 0 Å². The van der Waals surface area contributed by atoms with Gasteiger partial charge in [-0.1, -0.05) is 0 Å². The number of hydrogen-bond donors (Lipinski definition) is 1. The Morgan fingerprint density at radius 3 is 1.63 bits per heavy atom. The van der Waals surface area contributed by atoms with E-state index in [9.17, 15) is 58.2 Å². The molecule has 3 nitrogen and oxygen atoms in total. The molecular weight excluding hydrogens is 449 g/mol. The molecule has 30 heavy (non-hydrogen) atoms. The van der Waals surface area contributed by atoms with Crippen molar-refractivity contribution in [3.63, 3.8) is 0 Å². The Labute approximate surface area is 161 Å². The van der Waals surface area contributed by atoms with Crippen molar-refractivity contribution in [1.29, 1.82) is 0 Å². The molecule has 4 fully saturated rings. The molecule has 0 amide bonds. The highest BCUT2D eigenvalue weighted by atomic mass is 19.4. The van der Waals surface area contributed by atoms with Crippen LogP contribution in [0.1, 0.15) is 38.5 Å². The molecule has 2 atom stereocenters. The van der Waals surface area contributed by atoms with Crippen LogP contribution in [0.4, 0.5) is 48.3 Å². The molecule has 4 saturated carbocycles. The highest BCUT2D eigenvalue weighted by Crippen LogP contribution is 2.61. The smallest absolute Gasteiger partial charge is 0.454 e. The van der Waals surface area contributed by atoms with Crippen molar-refractivity contribution in [3.8, 4) is 0 Å². The first kappa shape index (κ1) is 23.3. The fraction of sp³-hybridized carbons (Fsp3) is 0.938. The molecule has 0 aromatic heterocycles. The number of carbonyl (C=O) groups excluding carboxylic acids is 1. The summed E-state index contributed by atoms with van der Waals surface area (Å²) in [5, 5.41) is 10.4. The third kappa shape index (κ3) is 3.07. The van der Waals surface area contributed by atoms with Gasteiger partial charge in [0.1, 0.15) is 5.60 Å². The van der Waals surface area contributed by atoms with E-state index in [1.807, 2.05) is 0 Å². The summed E-state index contributed by atoms with van der Waals surface area (Å²) < 4.78 is 148. The monoisotopic (exact) mass is 464 g/mol. The summed E-state index contributed by atoms with van der Waals surface area (Å²) in [5.74, 6) is -33.4. The van der Waals surface area contributed by atoms with Gasteiger partial charge in [-0.15, -0.1) is 0 Å². The number of rotatable bonds is 5. The zero-order valence-corrected chi connectivity index (χ0v) is 14.8. The Morgan fingerprint density at radius 1 is 0.767 bits per heavy atom. The summed E-state index contributed by atoms with van der Waals surface area (Å²) in [6.45, 7) is 0. The molecule has 0 spiro atoms. The Hall–Kier alpha value is -1.34. The first-order chi connectivity index (χ1) is 13.2. The van der Waals surface area contributed by atoms with Crippen molar-refractivity contribution in [2.75, 3.05) is 0 Å². The topological polar surface area (TPSA) is 46.5 Å². The number of hydrogen-bond acceptors (Lipinski definition) is 3. The molecule has 4 rings (SSSR count). The summed E-state index contributed by atoms with van der Waals surface area (Å²) in [4.78, 5) is 11.7. The second kappa shape index (κ2) is 6.12. The van der Waals surface area contributed by atoms with E-state index in [2.05, 4.69) is 4.74 Å². The third-order valence-electron chi connectivity index (χ3n) is 6.08. The predicted molar refractivity (Wildman–Crippen MR) is 74.3 cm³/mol. The molecule has 4 aliphatic rings. The minimum atomic E-state index is -7.67. The van der Waals surface area contributed by atoms with Gasteiger partial charge >= 0.3 is 35.8 Å². The molecule has 0 radical (unpaired) electrons. The first-order valence-electron chi connectivity index (χ1n) is 8.74. The van der Waals surface area contributed by atoms with E-state index < -0.39 is 53.5 Å². The molecule has 0 aliphatic heterocycles. The van der Waals surface area contributed by atoms with Gasteiger partial charge in [-0.05, 0) is 43.9 Å². The van der Waals surface area contributed by atoms with Crippen LogP contribution in [-0.4, -0.2) is 52.1 Å². The van der Waals surface area contributed by atoms with Gasteiger partial charge in [-0.3, -0.25) is 0 Å². The lowest BCUT2D eigenvalue weighted by Gasteiger charge is -2.59. The standard InChI is InChI=1S/C16H15F11O3/c17-12(18,13(19,20)14(21,22)15(23,24)16(25,26)27)9(28)30-11-4-7-1-8(5-11)3-10(29,2-7)6-11/h7-8,29H,1-6H2. The SMILES string of the molecule is O=C(OC12CC3CC(CC(O)(C3)C1)C2)C(F)(F)C(F)(F)C(F)(F)C(F)(F)C(F)(F)F. The molecule has 174 valence electrons. The van der Waals surface area contributed by atoms with E-state index in [0.717, 1.165) is 0 Å². The number of halogens is 11. The molecule has 4 bridgehead atoms. The minimum Gasteiger partial charge on any atom is -0.454 e. The van der Waals surface area contributed by atoms with Gasteiger partial charge in [0, 0.05) is 6.42 Å². The number of carbonyl (C=O) groups is 1. The van der Waals surface area contributed by atoms with Gasteiger partial charge in [0.25, 0.3) is 0 Å². The lowest BCUT2D eigenvalue weighted by Crippen LogP contribution is -2.69. The molecule has 2 unspecified atom stereocenters. The van der Waals surface area contributed by atoms with Crippen LogP contribution in [0.2, 0.25) is 0 Å². The van der Waals surface area contributed by atoms with Crippen LogP contribution in [-0.2, 0) is 9.53 Å². The van der Waals surface area contributed by atoms with Crippen LogP contribution < -0.4 is 0 Å². The van der Waals surface area contributed by atoms with Crippen molar-refractivity contribution >= 4 is 5.97 Å². The Bertz CT molecular complexity index is 716. The first-order valence-corrected chi connectivity index (χ1v) is 8.74. The quantitative estimate of drug-likeness (QED) is 0.474. The maximum Gasteiger partial charge on any atom is 0.460 e. The number of esters is 1. The van der Waals surface area contributed by atoms with E-state index in [1.165, 1.54) is 0 Å². The molecule has 0 aromatic carbocycles. The fourth-order valence-electron chi connectivity index (χ4n) is 5.21. The zero-order chi connectivity index (χ0) is 23.2. The average molecular weight is 464 g/mol. The van der Waals surface area contributed by atoms with E-state index in [1.54, 1.807) is 0 Å². The van der Waals surface area contributed by atoms with E-state index in [0.29, 0.717) is 6.42 Å². The maximum absolute atomic E-state index is 13.9. The van der Waals surface area contributed by atoms with Gasteiger partial charge in [0.2, 0.25) is 0 Å². The van der Waals surface area contributed by atoms with Gasteiger partial charge in [0.05, 0.1) is 5.60 Å². The molecule has 0 aromatic rings. The molecular formula is C16H15F11O3. The van der Waals surface area contributed by atoms with Crippen molar-refractivity contribution in [2.24, 2.45) is 11.8 Å².